The third kappa shape index (κ3) is 5.80. The molecule has 0 spiro atoms. The molecular weight excluding hydrogens is 251 g/mol. The number of benzene rings is 1. The van der Waals surface area contributed by atoms with Gasteiger partial charge in [-0.15, -0.1) is 0 Å². The van der Waals surface area contributed by atoms with Crippen LogP contribution in [0.15, 0.2) is 18.2 Å². The molecule has 0 radical (unpaired) electrons. The fourth-order valence-corrected chi connectivity index (χ4v) is 1.87. The molecule has 0 heterocycles. The molecule has 0 saturated carbocycles. The summed E-state index contributed by atoms with van der Waals surface area (Å²) >= 11 is 6.03. The first-order valence-corrected chi connectivity index (χ1v) is 6.70. The Labute approximate surface area is 114 Å². The number of hydrogen-bond donors (Lipinski definition) is 1. The summed E-state index contributed by atoms with van der Waals surface area (Å²) < 4.78 is 13.1. The molecular formula is C14H22ClFN2. The maximum Gasteiger partial charge on any atom is 0.123 e. The first-order chi connectivity index (χ1) is 8.49. The van der Waals surface area contributed by atoms with Crippen LogP contribution < -0.4 is 5.32 Å². The molecule has 1 aromatic rings. The lowest BCUT2D eigenvalue weighted by atomic mass is 10.2. The molecule has 102 valence electrons. The van der Waals surface area contributed by atoms with E-state index in [1.165, 1.54) is 12.1 Å². The molecule has 1 rings (SSSR count). The predicted molar refractivity (Wildman–Crippen MR) is 75.5 cm³/mol. The van der Waals surface area contributed by atoms with Gasteiger partial charge in [-0.25, -0.2) is 4.39 Å². The highest BCUT2D eigenvalue weighted by molar-refractivity contribution is 6.31. The molecule has 0 atom stereocenters. The third-order valence-electron chi connectivity index (χ3n) is 2.67. The summed E-state index contributed by atoms with van der Waals surface area (Å²) in [4.78, 5) is 2.13. The highest BCUT2D eigenvalue weighted by Crippen LogP contribution is 2.18. The van der Waals surface area contributed by atoms with Gasteiger partial charge in [0.15, 0.2) is 0 Å². The van der Waals surface area contributed by atoms with Gasteiger partial charge in [0.05, 0.1) is 0 Å². The molecule has 0 unspecified atom stereocenters. The van der Waals surface area contributed by atoms with Crippen molar-refractivity contribution in [3.8, 4) is 0 Å². The second-order valence-electron chi connectivity index (χ2n) is 5.07. The van der Waals surface area contributed by atoms with E-state index in [9.17, 15) is 4.39 Å². The summed E-state index contributed by atoms with van der Waals surface area (Å²) in [6, 6.07) is 4.49. The third-order valence-corrected chi connectivity index (χ3v) is 3.04. The van der Waals surface area contributed by atoms with Crippen molar-refractivity contribution in [2.75, 3.05) is 26.7 Å². The van der Waals surface area contributed by atoms with Gasteiger partial charge in [0, 0.05) is 24.7 Å². The van der Waals surface area contributed by atoms with Crippen LogP contribution in [-0.2, 0) is 6.54 Å². The number of halogens is 2. The summed E-state index contributed by atoms with van der Waals surface area (Å²) in [6.45, 7) is 7.90. The summed E-state index contributed by atoms with van der Waals surface area (Å²) in [5.74, 6) is 0.425. The van der Waals surface area contributed by atoms with E-state index in [-0.39, 0.29) is 5.82 Å². The SMILES string of the molecule is CC(C)CNCCN(C)Cc1cc(F)ccc1Cl. The van der Waals surface area contributed by atoms with Crippen LogP contribution in [0.25, 0.3) is 0 Å². The highest BCUT2D eigenvalue weighted by atomic mass is 35.5. The standard InChI is InChI=1S/C14H22ClFN2/c1-11(2)9-17-6-7-18(3)10-12-8-13(16)4-5-14(12)15/h4-5,8,11,17H,6-7,9-10H2,1-3H3. The van der Waals surface area contributed by atoms with E-state index in [0.717, 1.165) is 25.2 Å². The normalized spacial score (nSPS) is 11.5. The number of likely N-dealkylation sites (N-methyl/N-ethyl adjacent to an activating group) is 1. The van der Waals surface area contributed by atoms with Gasteiger partial charge in [0.25, 0.3) is 0 Å². The predicted octanol–water partition coefficient (Wildman–Crippen LogP) is 3.16. The van der Waals surface area contributed by atoms with Crippen molar-refractivity contribution in [1.29, 1.82) is 0 Å². The van der Waals surface area contributed by atoms with Crippen molar-refractivity contribution in [1.82, 2.24) is 10.2 Å². The average molecular weight is 273 g/mol. The summed E-state index contributed by atoms with van der Waals surface area (Å²) in [6.07, 6.45) is 0. The van der Waals surface area contributed by atoms with Crippen molar-refractivity contribution < 1.29 is 4.39 Å². The van der Waals surface area contributed by atoms with Gasteiger partial charge in [-0.05, 0) is 43.3 Å². The molecule has 1 N–H and O–H groups in total. The topological polar surface area (TPSA) is 15.3 Å². The molecule has 2 nitrogen and oxygen atoms in total. The Hall–Kier alpha value is -0.640. The van der Waals surface area contributed by atoms with Gasteiger partial charge >= 0.3 is 0 Å². The van der Waals surface area contributed by atoms with Crippen molar-refractivity contribution in [3.63, 3.8) is 0 Å². The lowest BCUT2D eigenvalue weighted by Gasteiger charge is -2.18. The molecule has 0 saturated heterocycles. The van der Waals surface area contributed by atoms with Gasteiger partial charge in [-0.3, -0.25) is 0 Å². The van der Waals surface area contributed by atoms with Crippen LogP contribution in [-0.4, -0.2) is 31.6 Å². The van der Waals surface area contributed by atoms with E-state index in [2.05, 4.69) is 24.1 Å². The zero-order valence-electron chi connectivity index (χ0n) is 11.3. The van der Waals surface area contributed by atoms with Crippen LogP contribution in [0.1, 0.15) is 19.4 Å². The Balaban J connectivity index is 2.35. The van der Waals surface area contributed by atoms with Crippen LogP contribution in [0.2, 0.25) is 5.02 Å². The van der Waals surface area contributed by atoms with E-state index in [0.29, 0.717) is 17.5 Å². The molecule has 0 aliphatic heterocycles. The van der Waals surface area contributed by atoms with Crippen LogP contribution in [0, 0.1) is 11.7 Å². The zero-order chi connectivity index (χ0) is 13.5. The van der Waals surface area contributed by atoms with Gasteiger partial charge in [0.1, 0.15) is 5.82 Å². The molecule has 4 heteroatoms. The molecule has 18 heavy (non-hydrogen) atoms. The first kappa shape index (κ1) is 15.4. The Kier molecular flexibility index (Phi) is 6.61. The molecule has 0 amide bonds. The largest absolute Gasteiger partial charge is 0.315 e. The van der Waals surface area contributed by atoms with E-state index in [1.807, 2.05) is 7.05 Å². The molecule has 0 aliphatic rings. The van der Waals surface area contributed by atoms with Crippen molar-refractivity contribution in [2.45, 2.75) is 20.4 Å². The molecule has 1 aromatic carbocycles. The first-order valence-electron chi connectivity index (χ1n) is 6.32. The highest BCUT2D eigenvalue weighted by Gasteiger charge is 2.05. The minimum absolute atomic E-state index is 0.235. The van der Waals surface area contributed by atoms with Crippen molar-refractivity contribution >= 4 is 11.6 Å². The Bertz CT molecular complexity index is 369. The van der Waals surface area contributed by atoms with Crippen LogP contribution in [0.5, 0.6) is 0 Å². The number of rotatable bonds is 7. The summed E-state index contributed by atoms with van der Waals surface area (Å²) in [5.41, 5.74) is 0.836. The number of nitrogens with zero attached hydrogens (tertiary/aromatic N) is 1. The number of hydrogen-bond acceptors (Lipinski definition) is 2. The Morgan fingerprint density at radius 3 is 2.78 bits per heavy atom. The number of nitrogens with one attached hydrogen (secondary N) is 1. The van der Waals surface area contributed by atoms with Gasteiger partial charge in [0.2, 0.25) is 0 Å². The lowest BCUT2D eigenvalue weighted by Crippen LogP contribution is -2.30. The monoisotopic (exact) mass is 272 g/mol. The van der Waals surface area contributed by atoms with E-state index < -0.39 is 0 Å². The Morgan fingerprint density at radius 1 is 1.39 bits per heavy atom. The molecule has 0 fully saturated rings. The van der Waals surface area contributed by atoms with Crippen LogP contribution in [0.4, 0.5) is 4.39 Å². The van der Waals surface area contributed by atoms with Gasteiger partial charge in [-0.2, -0.15) is 0 Å². The fourth-order valence-electron chi connectivity index (χ4n) is 1.69. The van der Waals surface area contributed by atoms with Crippen molar-refractivity contribution in [3.05, 3.63) is 34.6 Å². The Morgan fingerprint density at radius 2 is 2.11 bits per heavy atom. The van der Waals surface area contributed by atoms with Gasteiger partial charge in [-0.1, -0.05) is 25.4 Å². The fraction of sp³-hybridized carbons (Fsp3) is 0.571. The molecule has 0 bridgehead atoms. The van der Waals surface area contributed by atoms with Crippen molar-refractivity contribution in [2.24, 2.45) is 5.92 Å². The smallest absolute Gasteiger partial charge is 0.123 e. The lowest BCUT2D eigenvalue weighted by molar-refractivity contribution is 0.321. The second kappa shape index (κ2) is 7.72. The molecule has 0 aliphatic carbocycles. The second-order valence-corrected chi connectivity index (χ2v) is 5.48. The average Bonchev–Trinajstić information content (AvgIpc) is 2.29. The zero-order valence-corrected chi connectivity index (χ0v) is 12.1. The van der Waals surface area contributed by atoms with E-state index in [4.69, 9.17) is 11.6 Å². The van der Waals surface area contributed by atoms with Crippen LogP contribution in [0.3, 0.4) is 0 Å². The quantitative estimate of drug-likeness (QED) is 0.767. The maximum atomic E-state index is 13.1. The van der Waals surface area contributed by atoms with Gasteiger partial charge < -0.3 is 10.2 Å². The van der Waals surface area contributed by atoms with E-state index >= 15 is 0 Å². The minimum atomic E-state index is -0.235. The van der Waals surface area contributed by atoms with Crippen LogP contribution >= 0.6 is 11.6 Å². The summed E-state index contributed by atoms with van der Waals surface area (Å²) in [7, 11) is 2.01. The van der Waals surface area contributed by atoms with E-state index in [1.54, 1.807) is 6.07 Å². The minimum Gasteiger partial charge on any atom is -0.315 e. The molecule has 0 aromatic heterocycles. The summed E-state index contributed by atoms with van der Waals surface area (Å²) in [5, 5.41) is 4.00. The maximum absolute atomic E-state index is 13.1.